The zero-order valence-electron chi connectivity index (χ0n) is 21.9. The van der Waals surface area contributed by atoms with Crippen LogP contribution in [0.15, 0.2) is 77.8 Å². The number of rotatable bonds is 8. The highest BCUT2D eigenvalue weighted by Gasteiger charge is 2.22. The molecule has 3 aromatic carbocycles. The van der Waals surface area contributed by atoms with E-state index in [-0.39, 0.29) is 11.6 Å². The van der Waals surface area contributed by atoms with Gasteiger partial charge in [0.2, 0.25) is 5.91 Å². The van der Waals surface area contributed by atoms with Crippen molar-refractivity contribution >= 4 is 29.0 Å². The van der Waals surface area contributed by atoms with Crippen molar-refractivity contribution in [2.24, 2.45) is 0 Å². The number of hydrogen-bond donors (Lipinski definition) is 1. The first-order chi connectivity index (χ1) is 18.7. The number of carbonyl (C=O) groups is 1. The van der Waals surface area contributed by atoms with Crippen LogP contribution in [0.1, 0.15) is 23.6 Å². The molecule has 1 atom stereocenters. The molecule has 0 aliphatic rings. The molecular formula is C30H26N4O4S. The van der Waals surface area contributed by atoms with Crippen LogP contribution in [0.2, 0.25) is 0 Å². The van der Waals surface area contributed by atoms with Crippen LogP contribution in [0, 0.1) is 35.3 Å². The van der Waals surface area contributed by atoms with Gasteiger partial charge in [-0.1, -0.05) is 53.7 Å². The summed E-state index contributed by atoms with van der Waals surface area (Å²) < 4.78 is 5.28. The second kappa shape index (κ2) is 11.8. The first kappa shape index (κ1) is 27.4. The number of hydrogen-bond acceptors (Lipinski definition) is 7. The van der Waals surface area contributed by atoms with Gasteiger partial charge in [-0.15, -0.1) is 0 Å². The van der Waals surface area contributed by atoms with Crippen LogP contribution in [-0.4, -0.2) is 28.2 Å². The number of benzene rings is 3. The van der Waals surface area contributed by atoms with Crippen LogP contribution in [-0.2, 0) is 4.79 Å². The van der Waals surface area contributed by atoms with Gasteiger partial charge < -0.3 is 10.1 Å². The van der Waals surface area contributed by atoms with Gasteiger partial charge in [0, 0.05) is 28.9 Å². The third-order valence-electron chi connectivity index (χ3n) is 6.18. The van der Waals surface area contributed by atoms with E-state index < -0.39 is 10.2 Å². The minimum absolute atomic E-state index is 0.0465. The van der Waals surface area contributed by atoms with Gasteiger partial charge in [-0.3, -0.25) is 14.9 Å². The quantitative estimate of drug-likeness (QED) is 0.147. The zero-order valence-corrected chi connectivity index (χ0v) is 22.7. The van der Waals surface area contributed by atoms with Crippen LogP contribution in [0.25, 0.3) is 22.4 Å². The maximum atomic E-state index is 13.1. The number of nitro groups is 1. The van der Waals surface area contributed by atoms with Gasteiger partial charge in [-0.05, 0) is 56.2 Å². The highest BCUT2D eigenvalue weighted by Crippen LogP contribution is 2.36. The first-order valence-electron chi connectivity index (χ1n) is 12.1. The van der Waals surface area contributed by atoms with Crippen molar-refractivity contribution < 1.29 is 14.5 Å². The standard InChI is InChI=1S/C30H26N4O4S/c1-18-5-7-22(8-6-18)28-16-25(21-9-12-24(38-4)13-10-21)26(17-31)30(33-28)39-20(3)29(35)32-27-14-11-23(34(36)37)15-19(27)2/h5-16,20H,1-4H3,(H,32,35). The summed E-state index contributed by atoms with van der Waals surface area (Å²) in [5, 5.41) is 23.9. The second-order valence-electron chi connectivity index (χ2n) is 8.95. The molecule has 0 aliphatic heterocycles. The Labute approximate surface area is 230 Å². The molecule has 0 spiro atoms. The maximum absolute atomic E-state index is 13.1. The van der Waals surface area contributed by atoms with Crippen molar-refractivity contribution in [2.75, 3.05) is 12.4 Å². The summed E-state index contributed by atoms with van der Waals surface area (Å²) in [7, 11) is 1.59. The Morgan fingerprint density at radius 3 is 2.31 bits per heavy atom. The predicted molar refractivity (Wildman–Crippen MR) is 153 cm³/mol. The molecule has 0 radical (unpaired) electrons. The lowest BCUT2D eigenvalue weighted by Crippen LogP contribution is -2.23. The second-order valence-corrected chi connectivity index (χ2v) is 10.3. The molecule has 0 fully saturated rings. The van der Waals surface area contributed by atoms with E-state index in [1.807, 2.05) is 61.5 Å². The Bertz CT molecular complexity index is 1580. The molecule has 1 aromatic heterocycles. The van der Waals surface area contributed by atoms with E-state index in [0.717, 1.165) is 16.7 Å². The number of non-ortho nitro benzene ring substituents is 1. The lowest BCUT2D eigenvalue weighted by molar-refractivity contribution is -0.384. The van der Waals surface area contributed by atoms with Gasteiger partial charge in [0.25, 0.3) is 5.69 Å². The minimum atomic E-state index is -0.615. The van der Waals surface area contributed by atoms with E-state index >= 15 is 0 Å². The van der Waals surface area contributed by atoms with E-state index in [9.17, 15) is 20.2 Å². The van der Waals surface area contributed by atoms with Crippen LogP contribution in [0.5, 0.6) is 5.75 Å². The number of thioether (sulfide) groups is 1. The van der Waals surface area contributed by atoms with E-state index in [1.165, 1.54) is 30.0 Å². The molecule has 1 N–H and O–H groups in total. The average Bonchev–Trinajstić information content (AvgIpc) is 2.94. The molecule has 0 saturated heterocycles. The van der Waals surface area contributed by atoms with Crippen molar-refractivity contribution in [3.05, 3.63) is 99.6 Å². The smallest absolute Gasteiger partial charge is 0.269 e. The molecule has 4 rings (SSSR count). The number of pyridine rings is 1. The number of anilines is 1. The number of nitrogens with one attached hydrogen (secondary N) is 1. The summed E-state index contributed by atoms with van der Waals surface area (Å²) in [6.45, 7) is 5.43. The predicted octanol–water partition coefficient (Wildman–Crippen LogP) is 6.94. The Balaban J connectivity index is 1.71. The van der Waals surface area contributed by atoms with Crippen molar-refractivity contribution in [3.8, 4) is 34.2 Å². The number of nitriles is 1. The fourth-order valence-electron chi connectivity index (χ4n) is 3.94. The van der Waals surface area contributed by atoms with E-state index in [4.69, 9.17) is 9.72 Å². The van der Waals surface area contributed by atoms with Crippen LogP contribution in [0.3, 0.4) is 0 Å². The SMILES string of the molecule is COc1ccc(-c2cc(-c3ccc(C)cc3)nc(SC(C)C(=O)Nc3ccc([N+](=O)[O-])cc3C)c2C#N)cc1. The number of nitro benzene ring substituents is 1. The number of methoxy groups -OCH3 is 1. The lowest BCUT2D eigenvalue weighted by atomic mass is 9.99. The largest absolute Gasteiger partial charge is 0.497 e. The van der Waals surface area contributed by atoms with Crippen molar-refractivity contribution in [3.63, 3.8) is 0 Å². The number of amides is 1. The Morgan fingerprint density at radius 1 is 1.05 bits per heavy atom. The van der Waals surface area contributed by atoms with Gasteiger partial charge in [0.1, 0.15) is 16.8 Å². The first-order valence-corrected chi connectivity index (χ1v) is 13.0. The van der Waals surface area contributed by atoms with E-state index in [2.05, 4.69) is 11.4 Å². The van der Waals surface area contributed by atoms with Gasteiger partial charge >= 0.3 is 0 Å². The van der Waals surface area contributed by atoms with Crippen LogP contribution < -0.4 is 10.1 Å². The fraction of sp³-hybridized carbons (Fsp3) is 0.167. The zero-order chi connectivity index (χ0) is 28.1. The third kappa shape index (κ3) is 6.25. The van der Waals surface area contributed by atoms with Crippen molar-refractivity contribution in [1.29, 1.82) is 5.26 Å². The molecule has 1 heterocycles. The molecule has 9 heteroatoms. The molecular weight excluding hydrogens is 512 g/mol. The molecule has 0 bridgehead atoms. The summed E-state index contributed by atoms with van der Waals surface area (Å²) in [5.74, 6) is 0.390. The highest BCUT2D eigenvalue weighted by atomic mass is 32.2. The highest BCUT2D eigenvalue weighted by molar-refractivity contribution is 8.00. The monoisotopic (exact) mass is 538 g/mol. The van der Waals surface area contributed by atoms with Gasteiger partial charge in [-0.2, -0.15) is 5.26 Å². The Kier molecular flexibility index (Phi) is 8.27. The van der Waals surface area contributed by atoms with E-state index in [1.54, 1.807) is 21.0 Å². The van der Waals surface area contributed by atoms with Crippen molar-refractivity contribution in [1.82, 2.24) is 4.98 Å². The van der Waals surface area contributed by atoms with Gasteiger partial charge in [-0.25, -0.2) is 4.98 Å². The number of aryl methyl sites for hydroxylation is 2. The van der Waals surface area contributed by atoms with Crippen LogP contribution in [0.4, 0.5) is 11.4 Å². The lowest BCUT2D eigenvalue weighted by Gasteiger charge is -2.16. The molecule has 196 valence electrons. The van der Waals surface area contributed by atoms with E-state index in [0.29, 0.717) is 38.8 Å². The third-order valence-corrected chi connectivity index (χ3v) is 7.27. The summed E-state index contributed by atoms with van der Waals surface area (Å²) in [5.41, 5.74) is 5.59. The summed E-state index contributed by atoms with van der Waals surface area (Å²) in [4.78, 5) is 28.5. The van der Waals surface area contributed by atoms with Gasteiger partial charge in [0.15, 0.2) is 0 Å². The summed E-state index contributed by atoms with van der Waals surface area (Å²) in [6, 6.07) is 23.8. The fourth-order valence-corrected chi connectivity index (χ4v) is 4.87. The van der Waals surface area contributed by atoms with Crippen molar-refractivity contribution in [2.45, 2.75) is 31.0 Å². The molecule has 0 saturated carbocycles. The van der Waals surface area contributed by atoms with Crippen LogP contribution >= 0.6 is 11.8 Å². The Hall–Kier alpha value is -4.68. The topological polar surface area (TPSA) is 118 Å². The van der Waals surface area contributed by atoms with Gasteiger partial charge in [0.05, 0.1) is 28.5 Å². The molecule has 4 aromatic rings. The molecule has 0 aliphatic carbocycles. The molecule has 1 amide bonds. The number of ether oxygens (including phenoxy) is 1. The molecule has 1 unspecified atom stereocenters. The Morgan fingerprint density at radius 2 is 1.72 bits per heavy atom. The normalized spacial score (nSPS) is 11.4. The number of nitrogens with zero attached hydrogens (tertiary/aromatic N) is 3. The summed E-state index contributed by atoms with van der Waals surface area (Å²) >= 11 is 1.19. The number of carbonyl (C=O) groups excluding carboxylic acids is 1. The molecule has 39 heavy (non-hydrogen) atoms. The molecule has 8 nitrogen and oxygen atoms in total. The average molecular weight is 539 g/mol. The summed E-state index contributed by atoms with van der Waals surface area (Å²) in [6.07, 6.45) is 0. The maximum Gasteiger partial charge on any atom is 0.269 e. The number of aromatic nitrogens is 1. The minimum Gasteiger partial charge on any atom is -0.497 e.